The lowest BCUT2D eigenvalue weighted by molar-refractivity contribution is 0.0818. The van der Waals surface area contributed by atoms with Crippen LogP contribution in [0.4, 0.5) is 8.78 Å². The molecule has 0 saturated heterocycles. The monoisotopic (exact) mass is 350 g/mol. The first-order chi connectivity index (χ1) is 12.2. The van der Waals surface area contributed by atoms with E-state index in [-0.39, 0.29) is 0 Å². The molecule has 0 unspecified atom stereocenters. The fourth-order valence-electron chi connectivity index (χ4n) is 2.23. The van der Waals surface area contributed by atoms with E-state index in [1.807, 2.05) is 37.5 Å². The van der Waals surface area contributed by atoms with Crippen molar-refractivity contribution in [2.75, 3.05) is 19.7 Å². The first kappa shape index (κ1) is 18.8. The van der Waals surface area contributed by atoms with E-state index in [9.17, 15) is 8.78 Å². The van der Waals surface area contributed by atoms with Crippen LogP contribution in [0.15, 0.2) is 53.8 Å². The molecule has 0 aliphatic carbocycles. The molecular weight excluding hydrogens is 326 g/mol. The second-order valence-electron chi connectivity index (χ2n) is 5.39. The summed E-state index contributed by atoms with van der Waals surface area (Å²) in [7, 11) is 0. The molecule has 25 heavy (non-hydrogen) atoms. The highest BCUT2D eigenvalue weighted by Crippen LogP contribution is 2.14. The van der Waals surface area contributed by atoms with Crippen LogP contribution in [0.1, 0.15) is 12.5 Å². The summed E-state index contributed by atoms with van der Waals surface area (Å²) in [4.78, 5) is 4.52. The van der Waals surface area contributed by atoms with Gasteiger partial charge in [-0.2, -0.15) is 0 Å². The minimum Gasteiger partial charge on any atom is -0.488 e. The van der Waals surface area contributed by atoms with Crippen LogP contribution in [0.5, 0.6) is 5.75 Å². The van der Waals surface area contributed by atoms with Crippen LogP contribution in [-0.2, 0) is 13.1 Å². The van der Waals surface area contributed by atoms with Gasteiger partial charge < -0.3 is 19.9 Å². The number of nitrogens with one attached hydrogen (secondary N) is 2. The van der Waals surface area contributed by atoms with Gasteiger partial charge in [-0.25, -0.2) is 13.8 Å². The number of hydrogen-bond donors (Lipinski definition) is 2. The molecule has 1 aromatic heterocycles. The Kier molecular flexibility index (Phi) is 7.75. The first-order valence-electron chi connectivity index (χ1n) is 8.30. The van der Waals surface area contributed by atoms with Crippen molar-refractivity contribution < 1.29 is 13.5 Å². The van der Waals surface area contributed by atoms with Gasteiger partial charge in [0, 0.05) is 32.0 Å². The average molecular weight is 350 g/mol. The van der Waals surface area contributed by atoms with Crippen LogP contribution in [0.25, 0.3) is 0 Å². The van der Waals surface area contributed by atoms with Gasteiger partial charge in [-0.1, -0.05) is 12.1 Å². The minimum atomic E-state index is -2.48. The number of nitrogens with zero attached hydrogens (tertiary/aromatic N) is 2. The van der Waals surface area contributed by atoms with Crippen LogP contribution >= 0.6 is 0 Å². The second-order valence-corrected chi connectivity index (χ2v) is 5.39. The van der Waals surface area contributed by atoms with Gasteiger partial charge in [-0.3, -0.25) is 0 Å². The van der Waals surface area contributed by atoms with Crippen LogP contribution in [0, 0.1) is 0 Å². The number of ether oxygens (including phenoxy) is 1. The maximum absolute atomic E-state index is 12.2. The van der Waals surface area contributed by atoms with Gasteiger partial charge in [0.2, 0.25) is 0 Å². The molecule has 1 aromatic carbocycles. The van der Waals surface area contributed by atoms with Gasteiger partial charge in [0.05, 0.1) is 6.54 Å². The first-order valence-corrected chi connectivity index (χ1v) is 8.30. The Labute approximate surface area is 146 Å². The van der Waals surface area contributed by atoms with Crippen molar-refractivity contribution in [2.24, 2.45) is 4.99 Å². The molecule has 136 valence electrons. The van der Waals surface area contributed by atoms with Crippen LogP contribution in [-0.4, -0.2) is 36.6 Å². The molecule has 0 atom stereocenters. The molecule has 0 fully saturated rings. The third kappa shape index (κ3) is 7.24. The number of aromatic nitrogens is 1. The van der Waals surface area contributed by atoms with E-state index in [0.717, 1.165) is 25.2 Å². The van der Waals surface area contributed by atoms with E-state index < -0.39 is 13.0 Å². The Hall–Kier alpha value is -2.57. The Morgan fingerprint density at radius 1 is 1.20 bits per heavy atom. The second kappa shape index (κ2) is 10.3. The van der Waals surface area contributed by atoms with Crippen LogP contribution in [0.2, 0.25) is 0 Å². The molecule has 0 saturated carbocycles. The lowest BCUT2D eigenvalue weighted by atomic mass is 10.2. The summed E-state index contributed by atoms with van der Waals surface area (Å²) in [5, 5.41) is 6.46. The molecular formula is C18H24F2N4O. The number of halogens is 2. The zero-order chi connectivity index (χ0) is 17.9. The Morgan fingerprint density at radius 3 is 2.72 bits per heavy atom. The van der Waals surface area contributed by atoms with Crippen molar-refractivity contribution in [1.82, 2.24) is 15.2 Å². The summed E-state index contributed by atoms with van der Waals surface area (Å²) in [6.07, 6.45) is 1.54. The standard InChI is InChI=1S/C18H24F2N4O/c1-2-21-18(22-8-11-24-9-3-4-10-24)23-13-15-6-5-7-16(12-15)25-14-17(19)20/h3-7,9-10,12,17H,2,8,11,13-14H2,1H3,(H2,21,22,23). The fourth-order valence-corrected chi connectivity index (χ4v) is 2.23. The quantitative estimate of drug-likeness (QED) is 0.540. The summed E-state index contributed by atoms with van der Waals surface area (Å²) >= 11 is 0. The van der Waals surface area contributed by atoms with Crippen molar-refractivity contribution in [1.29, 1.82) is 0 Å². The molecule has 5 nitrogen and oxygen atoms in total. The molecule has 2 rings (SSSR count). The average Bonchev–Trinajstić information content (AvgIpc) is 3.12. The van der Waals surface area contributed by atoms with Crippen molar-refractivity contribution in [2.45, 2.75) is 26.4 Å². The van der Waals surface area contributed by atoms with Gasteiger partial charge >= 0.3 is 0 Å². The fraction of sp³-hybridized carbons (Fsp3) is 0.389. The largest absolute Gasteiger partial charge is 0.488 e. The van der Waals surface area contributed by atoms with Gasteiger partial charge in [0.1, 0.15) is 12.4 Å². The molecule has 7 heteroatoms. The van der Waals surface area contributed by atoms with E-state index in [2.05, 4.69) is 20.2 Å². The van der Waals surface area contributed by atoms with Crippen LogP contribution < -0.4 is 15.4 Å². The predicted octanol–water partition coefficient (Wildman–Crippen LogP) is 2.89. The number of aliphatic imine (C=N–C) groups is 1. The topological polar surface area (TPSA) is 50.6 Å². The minimum absolute atomic E-state index is 0.429. The molecule has 0 radical (unpaired) electrons. The van der Waals surface area contributed by atoms with Crippen LogP contribution in [0.3, 0.4) is 0 Å². The van der Waals surface area contributed by atoms with E-state index in [0.29, 0.717) is 18.3 Å². The molecule has 2 aromatic rings. The molecule has 0 aliphatic heterocycles. The van der Waals surface area contributed by atoms with Crippen molar-refractivity contribution in [3.8, 4) is 5.75 Å². The highest BCUT2D eigenvalue weighted by Gasteiger charge is 2.04. The molecule has 0 bridgehead atoms. The van der Waals surface area contributed by atoms with E-state index in [4.69, 9.17) is 4.74 Å². The third-order valence-corrected chi connectivity index (χ3v) is 3.37. The normalized spacial score (nSPS) is 11.6. The van der Waals surface area contributed by atoms with E-state index in [1.165, 1.54) is 0 Å². The molecule has 0 amide bonds. The summed E-state index contributed by atoms with van der Waals surface area (Å²) < 4.78 is 31.5. The smallest absolute Gasteiger partial charge is 0.272 e. The number of benzene rings is 1. The zero-order valence-corrected chi connectivity index (χ0v) is 14.3. The molecule has 0 spiro atoms. The lowest BCUT2D eigenvalue weighted by Crippen LogP contribution is -2.38. The van der Waals surface area contributed by atoms with Crippen molar-refractivity contribution in [3.05, 3.63) is 54.4 Å². The summed E-state index contributed by atoms with van der Waals surface area (Å²) in [6, 6.07) is 11.0. The number of rotatable bonds is 9. The maximum Gasteiger partial charge on any atom is 0.272 e. The lowest BCUT2D eigenvalue weighted by Gasteiger charge is -2.12. The van der Waals surface area contributed by atoms with Gasteiger partial charge in [-0.15, -0.1) is 0 Å². The van der Waals surface area contributed by atoms with Crippen molar-refractivity contribution >= 4 is 5.96 Å². The summed E-state index contributed by atoms with van der Waals surface area (Å²) in [5.41, 5.74) is 0.898. The Bertz CT molecular complexity index is 644. The SMILES string of the molecule is CCNC(=NCc1cccc(OCC(F)F)c1)NCCn1cccc1. The van der Waals surface area contributed by atoms with E-state index >= 15 is 0 Å². The van der Waals surface area contributed by atoms with Gasteiger partial charge in [0.15, 0.2) is 5.96 Å². The van der Waals surface area contributed by atoms with Gasteiger partial charge in [-0.05, 0) is 36.8 Å². The van der Waals surface area contributed by atoms with Gasteiger partial charge in [0.25, 0.3) is 6.43 Å². The Balaban J connectivity index is 1.87. The highest BCUT2D eigenvalue weighted by atomic mass is 19.3. The molecule has 0 aliphatic rings. The maximum atomic E-state index is 12.2. The summed E-state index contributed by atoms with van der Waals surface area (Å²) in [6.45, 7) is 4.18. The number of guanidine groups is 1. The Morgan fingerprint density at radius 2 is 2.00 bits per heavy atom. The number of alkyl halides is 2. The molecule has 1 heterocycles. The zero-order valence-electron chi connectivity index (χ0n) is 14.3. The highest BCUT2D eigenvalue weighted by molar-refractivity contribution is 5.79. The van der Waals surface area contributed by atoms with E-state index in [1.54, 1.807) is 18.2 Å². The molecule has 2 N–H and O–H groups in total. The predicted molar refractivity (Wildman–Crippen MR) is 95.2 cm³/mol. The van der Waals surface area contributed by atoms with Crippen molar-refractivity contribution in [3.63, 3.8) is 0 Å². The number of hydrogen-bond acceptors (Lipinski definition) is 2. The summed E-state index contributed by atoms with van der Waals surface area (Å²) in [5.74, 6) is 1.15. The third-order valence-electron chi connectivity index (χ3n) is 3.37.